The third-order valence-corrected chi connectivity index (χ3v) is 5.51. The summed E-state index contributed by atoms with van der Waals surface area (Å²) >= 11 is 0. The van der Waals surface area contributed by atoms with E-state index in [9.17, 15) is 4.79 Å². The minimum atomic E-state index is -0.292. The fourth-order valence-electron chi connectivity index (χ4n) is 4.07. The number of nitrogens with two attached hydrogens (primary N) is 1. The second-order valence-electron chi connectivity index (χ2n) is 7.37. The molecule has 1 atom stereocenters. The van der Waals surface area contributed by atoms with Gasteiger partial charge in [-0.2, -0.15) is 0 Å². The van der Waals surface area contributed by atoms with Crippen molar-refractivity contribution in [2.75, 3.05) is 13.1 Å². The summed E-state index contributed by atoms with van der Waals surface area (Å²) in [6, 6.07) is 8.93. The number of amides is 1. The number of rotatable bonds is 3. The molecule has 3 heteroatoms. The molecule has 0 bridgehead atoms. The molecule has 1 aliphatic carbocycles. The Kier molecular flexibility index (Phi) is 4.26. The molecule has 0 aromatic heterocycles. The van der Waals surface area contributed by atoms with Gasteiger partial charge < -0.3 is 10.6 Å². The summed E-state index contributed by atoms with van der Waals surface area (Å²) < 4.78 is 0. The summed E-state index contributed by atoms with van der Waals surface area (Å²) in [5.41, 5.74) is 8.26. The van der Waals surface area contributed by atoms with Gasteiger partial charge in [0.05, 0.1) is 5.41 Å². The second kappa shape index (κ2) is 6.04. The fourth-order valence-corrected chi connectivity index (χ4v) is 4.07. The van der Waals surface area contributed by atoms with E-state index in [2.05, 4.69) is 38.1 Å². The van der Waals surface area contributed by atoms with Crippen LogP contribution in [0.5, 0.6) is 0 Å². The molecule has 1 unspecified atom stereocenters. The number of nitrogens with zero attached hydrogens (tertiary/aromatic N) is 1. The topological polar surface area (TPSA) is 46.3 Å². The van der Waals surface area contributed by atoms with Gasteiger partial charge in [-0.3, -0.25) is 4.79 Å². The minimum Gasteiger partial charge on any atom is -0.340 e. The van der Waals surface area contributed by atoms with Crippen LogP contribution in [0.25, 0.3) is 0 Å². The summed E-state index contributed by atoms with van der Waals surface area (Å²) in [7, 11) is 0. The van der Waals surface area contributed by atoms with E-state index in [0.717, 1.165) is 45.2 Å². The number of carbonyl (C=O) groups excluding carboxylic acids is 1. The first kappa shape index (κ1) is 15.5. The Balaban J connectivity index is 1.89. The SMILES string of the molecule is CC(C)c1ccc(C2(C(=O)N3CCC(N)C3)CCCC2)cc1. The molecule has 1 amide bonds. The van der Waals surface area contributed by atoms with Gasteiger partial charge in [-0.15, -0.1) is 0 Å². The highest BCUT2D eigenvalue weighted by atomic mass is 16.2. The molecule has 1 saturated carbocycles. The number of benzene rings is 1. The van der Waals surface area contributed by atoms with Crippen molar-refractivity contribution in [3.63, 3.8) is 0 Å². The first-order chi connectivity index (χ1) is 10.5. The van der Waals surface area contributed by atoms with Gasteiger partial charge in [0.25, 0.3) is 0 Å². The normalized spacial score (nSPS) is 24.2. The number of likely N-dealkylation sites (tertiary alicyclic amines) is 1. The van der Waals surface area contributed by atoms with Crippen molar-refractivity contribution in [3.05, 3.63) is 35.4 Å². The van der Waals surface area contributed by atoms with Gasteiger partial charge in [-0.1, -0.05) is 51.0 Å². The van der Waals surface area contributed by atoms with Crippen LogP contribution in [-0.2, 0) is 10.2 Å². The summed E-state index contributed by atoms with van der Waals surface area (Å²) in [6.07, 6.45) is 5.21. The van der Waals surface area contributed by atoms with Gasteiger partial charge >= 0.3 is 0 Å². The van der Waals surface area contributed by atoms with Gasteiger partial charge in [0.1, 0.15) is 0 Å². The quantitative estimate of drug-likeness (QED) is 0.932. The van der Waals surface area contributed by atoms with Gasteiger partial charge in [-0.25, -0.2) is 0 Å². The molecule has 1 aromatic rings. The number of hydrogen-bond donors (Lipinski definition) is 1. The zero-order valence-corrected chi connectivity index (χ0v) is 13.8. The van der Waals surface area contributed by atoms with Crippen molar-refractivity contribution in [1.82, 2.24) is 4.90 Å². The van der Waals surface area contributed by atoms with Crippen LogP contribution in [0.3, 0.4) is 0 Å². The van der Waals surface area contributed by atoms with E-state index in [1.807, 2.05) is 4.90 Å². The maximum atomic E-state index is 13.2. The van der Waals surface area contributed by atoms with Crippen molar-refractivity contribution >= 4 is 5.91 Å². The highest BCUT2D eigenvalue weighted by Gasteiger charge is 2.45. The van der Waals surface area contributed by atoms with E-state index in [1.54, 1.807) is 0 Å². The predicted molar refractivity (Wildman–Crippen MR) is 89.8 cm³/mol. The highest BCUT2D eigenvalue weighted by molar-refractivity contribution is 5.89. The second-order valence-corrected chi connectivity index (χ2v) is 7.37. The van der Waals surface area contributed by atoms with E-state index in [0.29, 0.717) is 11.8 Å². The molecule has 2 fully saturated rings. The van der Waals surface area contributed by atoms with Crippen molar-refractivity contribution in [1.29, 1.82) is 0 Å². The lowest BCUT2D eigenvalue weighted by molar-refractivity contribution is -0.136. The molecule has 22 heavy (non-hydrogen) atoms. The lowest BCUT2D eigenvalue weighted by Crippen LogP contribution is -2.45. The van der Waals surface area contributed by atoms with E-state index in [4.69, 9.17) is 5.73 Å². The predicted octanol–water partition coefficient (Wildman–Crippen LogP) is 3.18. The smallest absolute Gasteiger partial charge is 0.233 e. The minimum absolute atomic E-state index is 0.158. The molecule has 2 N–H and O–H groups in total. The number of hydrogen-bond acceptors (Lipinski definition) is 2. The van der Waals surface area contributed by atoms with Crippen LogP contribution in [0.15, 0.2) is 24.3 Å². The Bertz CT molecular complexity index is 529. The van der Waals surface area contributed by atoms with Crippen LogP contribution >= 0.6 is 0 Å². The van der Waals surface area contributed by atoms with E-state index in [-0.39, 0.29) is 11.5 Å². The average molecular weight is 300 g/mol. The first-order valence-electron chi connectivity index (χ1n) is 8.68. The van der Waals surface area contributed by atoms with Gasteiger partial charge in [-0.05, 0) is 36.3 Å². The fraction of sp³-hybridized carbons (Fsp3) is 0.632. The van der Waals surface area contributed by atoms with Crippen LogP contribution in [0.1, 0.15) is 63.0 Å². The molecule has 2 aliphatic rings. The van der Waals surface area contributed by atoms with Crippen LogP contribution in [-0.4, -0.2) is 29.9 Å². The van der Waals surface area contributed by atoms with Crippen molar-refractivity contribution in [2.24, 2.45) is 5.73 Å². The molecule has 1 aliphatic heterocycles. The summed E-state index contributed by atoms with van der Waals surface area (Å²) in [6.45, 7) is 5.96. The van der Waals surface area contributed by atoms with Crippen LogP contribution in [0.2, 0.25) is 0 Å². The first-order valence-corrected chi connectivity index (χ1v) is 8.68. The largest absolute Gasteiger partial charge is 0.340 e. The summed E-state index contributed by atoms with van der Waals surface area (Å²) in [5, 5.41) is 0. The molecule has 1 aromatic carbocycles. The Morgan fingerprint density at radius 1 is 1.23 bits per heavy atom. The van der Waals surface area contributed by atoms with Crippen LogP contribution in [0, 0.1) is 0 Å². The van der Waals surface area contributed by atoms with E-state index in [1.165, 1.54) is 11.1 Å². The van der Waals surface area contributed by atoms with Crippen LogP contribution in [0.4, 0.5) is 0 Å². The Morgan fingerprint density at radius 3 is 2.36 bits per heavy atom. The molecule has 3 rings (SSSR count). The summed E-state index contributed by atoms with van der Waals surface area (Å²) in [4.78, 5) is 15.2. The van der Waals surface area contributed by atoms with Crippen molar-refractivity contribution < 1.29 is 4.79 Å². The maximum Gasteiger partial charge on any atom is 0.233 e. The lowest BCUT2D eigenvalue weighted by atomic mass is 9.77. The van der Waals surface area contributed by atoms with Gasteiger partial charge in [0.2, 0.25) is 5.91 Å². The standard InChI is InChI=1S/C19H28N2O/c1-14(2)15-5-7-16(8-6-15)19(10-3-4-11-19)18(22)21-12-9-17(20)13-21/h5-8,14,17H,3-4,9-13,20H2,1-2H3. The molecule has 0 spiro atoms. The van der Waals surface area contributed by atoms with Crippen molar-refractivity contribution in [2.45, 2.75) is 63.3 Å². The van der Waals surface area contributed by atoms with Crippen LogP contribution < -0.4 is 5.73 Å². The van der Waals surface area contributed by atoms with Gasteiger partial charge in [0, 0.05) is 19.1 Å². The third-order valence-electron chi connectivity index (χ3n) is 5.51. The molecule has 0 radical (unpaired) electrons. The maximum absolute atomic E-state index is 13.2. The highest BCUT2D eigenvalue weighted by Crippen LogP contribution is 2.43. The number of carbonyl (C=O) groups is 1. The molecular weight excluding hydrogens is 272 g/mol. The lowest BCUT2D eigenvalue weighted by Gasteiger charge is -2.33. The zero-order chi connectivity index (χ0) is 15.7. The Morgan fingerprint density at radius 2 is 1.86 bits per heavy atom. The molecular formula is C19H28N2O. The average Bonchev–Trinajstić information content (AvgIpc) is 3.16. The Labute approximate surface area is 133 Å². The summed E-state index contributed by atoms with van der Waals surface area (Å²) in [5.74, 6) is 0.844. The molecule has 1 heterocycles. The van der Waals surface area contributed by atoms with E-state index < -0.39 is 0 Å². The van der Waals surface area contributed by atoms with Crippen molar-refractivity contribution in [3.8, 4) is 0 Å². The molecule has 1 saturated heterocycles. The van der Waals surface area contributed by atoms with Gasteiger partial charge in [0.15, 0.2) is 0 Å². The zero-order valence-electron chi connectivity index (χ0n) is 13.8. The molecule has 3 nitrogen and oxygen atoms in total. The third kappa shape index (κ3) is 2.67. The monoisotopic (exact) mass is 300 g/mol. The Hall–Kier alpha value is -1.35. The van der Waals surface area contributed by atoms with E-state index >= 15 is 0 Å². The molecule has 120 valence electrons.